The molecule has 1 aliphatic carbocycles. The number of hydrogen-bond donors (Lipinski definition) is 1. The molecule has 1 N–H and O–H groups in total. The summed E-state index contributed by atoms with van der Waals surface area (Å²) in [6.07, 6.45) is 5.27. The summed E-state index contributed by atoms with van der Waals surface area (Å²) in [5.74, 6) is 0.827. The van der Waals surface area contributed by atoms with Crippen LogP contribution in [0.4, 0.5) is 0 Å². The summed E-state index contributed by atoms with van der Waals surface area (Å²) in [5.41, 5.74) is 1.17. The van der Waals surface area contributed by atoms with Crippen molar-refractivity contribution in [1.29, 1.82) is 0 Å². The number of amides is 1. The van der Waals surface area contributed by atoms with E-state index in [0.29, 0.717) is 11.7 Å². The van der Waals surface area contributed by atoms with Crippen LogP contribution in [-0.2, 0) is 0 Å². The quantitative estimate of drug-likeness (QED) is 0.901. The Morgan fingerprint density at radius 1 is 1.47 bits per heavy atom. The molecule has 0 aromatic carbocycles. The second-order valence-electron chi connectivity index (χ2n) is 4.73. The third-order valence-electron chi connectivity index (χ3n) is 3.14. The molecule has 6 heteroatoms. The lowest BCUT2D eigenvalue weighted by Gasteiger charge is -2.16. The zero-order chi connectivity index (χ0) is 13.2. The fraction of sp³-hybridized carbons (Fsp3) is 0.385. The van der Waals surface area contributed by atoms with Gasteiger partial charge in [-0.2, -0.15) is 0 Å². The summed E-state index contributed by atoms with van der Waals surface area (Å²) in [6, 6.07) is 3.23. The number of nitrogens with one attached hydrogen (secondary N) is 1. The maximum atomic E-state index is 12.0. The molecular weight excluding hydrogens is 244 g/mol. The molecule has 0 saturated heterocycles. The summed E-state index contributed by atoms with van der Waals surface area (Å²) in [4.78, 5) is 20.7. The van der Waals surface area contributed by atoms with Crippen molar-refractivity contribution < 1.29 is 9.32 Å². The highest BCUT2D eigenvalue weighted by Crippen LogP contribution is 2.39. The van der Waals surface area contributed by atoms with Gasteiger partial charge in [0.2, 0.25) is 0 Å². The Kier molecular flexibility index (Phi) is 2.98. The summed E-state index contributed by atoms with van der Waals surface area (Å²) in [5, 5.41) is 6.57. The van der Waals surface area contributed by atoms with E-state index in [-0.39, 0.29) is 17.6 Å². The molecule has 2 heterocycles. The van der Waals surface area contributed by atoms with Crippen LogP contribution in [0.1, 0.15) is 40.9 Å². The van der Waals surface area contributed by atoms with E-state index in [4.69, 9.17) is 0 Å². The van der Waals surface area contributed by atoms with Crippen LogP contribution in [0.3, 0.4) is 0 Å². The van der Waals surface area contributed by atoms with E-state index >= 15 is 0 Å². The van der Waals surface area contributed by atoms with Crippen molar-refractivity contribution in [3.63, 3.8) is 0 Å². The van der Waals surface area contributed by atoms with Crippen molar-refractivity contribution >= 4 is 5.91 Å². The van der Waals surface area contributed by atoms with Crippen LogP contribution < -0.4 is 5.32 Å². The molecule has 3 rings (SSSR count). The van der Waals surface area contributed by atoms with E-state index in [2.05, 4.69) is 25.0 Å². The van der Waals surface area contributed by atoms with Crippen LogP contribution in [-0.4, -0.2) is 21.0 Å². The molecule has 0 radical (unpaired) electrons. The minimum Gasteiger partial charge on any atom is -0.364 e. The van der Waals surface area contributed by atoms with Gasteiger partial charge in [0, 0.05) is 18.0 Å². The van der Waals surface area contributed by atoms with E-state index in [1.54, 1.807) is 6.20 Å². The summed E-state index contributed by atoms with van der Waals surface area (Å²) >= 11 is 0. The zero-order valence-corrected chi connectivity index (χ0v) is 10.5. The molecule has 1 aliphatic rings. The molecule has 1 saturated carbocycles. The lowest BCUT2D eigenvalue weighted by Crippen LogP contribution is -2.31. The van der Waals surface area contributed by atoms with Crippen molar-refractivity contribution in [2.75, 3.05) is 0 Å². The monoisotopic (exact) mass is 258 g/mol. The van der Waals surface area contributed by atoms with Gasteiger partial charge in [0.25, 0.3) is 5.91 Å². The topological polar surface area (TPSA) is 80.9 Å². The Labute approximate surface area is 110 Å². The second kappa shape index (κ2) is 4.79. The Morgan fingerprint density at radius 3 is 2.95 bits per heavy atom. The molecule has 0 aliphatic heterocycles. The van der Waals surface area contributed by atoms with Crippen molar-refractivity contribution in [1.82, 2.24) is 20.4 Å². The number of nitrogens with zero attached hydrogens (tertiary/aromatic N) is 3. The van der Waals surface area contributed by atoms with E-state index in [0.717, 1.165) is 18.5 Å². The molecule has 0 spiro atoms. The van der Waals surface area contributed by atoms with Crippen molar-refractivity contribution in [2.45, 2.75) is 25.8 Å². The predicted octanol–water partition coefficient (Wildman–Crippen LogP) is 1.65. The Bertz CT molecular complexity index is 578. The van der Waals surface area contributed by atoms with Gasteiger partial charge in [-0.15, -0.1) is 0 Å². The number of aromatic nitrogens is 3. The fourth-order valence-corrected chi connectivity index (χ4v) is 1.99. The van der Waals surface area contributed by atoms with Gasteiger partial charge in [-0.05, 0) is 31.7 Å². The molecule has 1 amide bonds. The van der Waals surface area contributed by atoms with Crippen LogP contribution in [0.2, 0.25) is 0 Å². The first-order valence-electron chi connectivity index (χ1n) is 6.25. The third kappa shape index (κ3) is 2.62. The smallest absolute Gasteiger partial charge is 0.274 e. The number of carbonyl (C=O) groups excluding carboxylic acids is 1. The van der Waals surface area contributed by atoms with Crippen molar-refractivity contribution in [2.24, 2.45) is 5.92 Å². The molecule has 0 bridgehead atoms. The average molecular weight is 258 g/mol. The lowest BCUT2D eigenvalue weighted by molar-refractivity contribution is 0.0920. The number of carbonyl (C=O) groups is 1. The van der Waals surface area contributed by atoms with E-state index in [1.165, 1.54) is 12.3 Å². The van der Waals surface area contributed by atoms with Gasteiger partial charge in [-0.1, -0.05) is 5.16 Å². The largest absolute Gasteiger partial charge is 0.364 e. The normalized spacial score (nSPS) is 16.1. The van der Waals surface area contributed by atoms with Crippen LogP contribution in [0.15, 0.2) is 29.1 Å². The first-order valence-corrected chi connectivity index (χ1v) is 6.25. The SMILES string of the molecule is Cc1ccnc(C(NC(=O)c2ccon2)C2CC2)n1. The van der Waals surface area contributed by atoms with Gasteiger partial charge in [-0.25, -0.2) is 9.97 Å². The molecule has 1 atom stereocenters. The summed E-state index contributed by atoms with van der Waals surface area (Å²) in [7, 11) is 0. The van der Waals surface area contributed by atoms with Gasteiger partial charge < -0.3 is 9.84 Å². The molecule has 1 unspecified atom stereocenters. The maximum absolute atomic E-state index is 12.0. The molecule has 19 heavy (non-hydrogen) atoms. The fourth-order valence-electron chi connectivity index (χ4n) is 1.99. The van der Waals surface area contributed by atoms with E-state index in [9.17, 15) is 4.79 Å². The molecule has 6 nitrogen and oxygen atoms in total. The highest BCUT2D eigenvalue weighted by Gasteiger charge is 2.35. The van der Waals surface area contributed by atoms with Gasteiger partial charge in [-0.3, -0.25) is 4.79 Å². The van der Waals surface area contributed by atoms with Crippen LogP contribution >= 0.6 is 0 Å². The van der Waals surface area contributed by atoms with E-state index in [1.807, 2.05) is 13.0 Å². The van der Waals surface area contributed by atoms with Gasteiger partial charge in [0.1, 0.15) is 6.26 Å². The number of aryl methyl sites for hydroxylation is 1. The zero-order valence-electron chi connectivity index (χ0n) is 10.5. The van der Waals surface area contributed by atoms with Crippen LogP contribution in [0.25, 0.3) is 0 Å². The highest BCUT2D eigenvalue weighted by atomic mass is 16.5. The third-order valence-corrected chi connectivity index (χ3v) is 3.14. The van der Waals surface area contributed by atoms with Crippen molar-refractivity contribution in [3.05, 3.63) is 41.8 Å². The van der Waals surface area contributed by atoms with Gasteiger partial charge in [0.05, 0.1) is 6.04 Å². The van der Waals surface area contributed by atoms with Crippen molar-refractivity contribution in [3.8, 4) is 0 Å². The minimum atomic E-state index is -0.254. The molecular formula is C13H14N4O2. The first-order chi connectivity index (χ1) is 9.24. The Morgan fingerprint density at radius 2 is 2.32 bits per heavy atom. The lowest BCUT2D eigenvalue weighted by atomic mass is 10.1. The minimum absolute atomic E-state index is 0.149. The molecule has 98 valence electrons. The second-order valence-corrected chi connectivity index (χ2v) is 4.73. The molecule has 2 aromatic heterocycles. The average Bonchev–Trinajstić information content (AvgIpc) is 3.09. The Balaban J connectivity index is 1.80. The predicted molar refractivity (Wildman–Crippen MR) is 66.2 cm³/mol. The molecule has 1 fully saturated rings. The molecule has 2 aromatic rings. The maximum Gasteiger partial charge on any atom is 0.274 e. The van der Waals surface area contributed by atoms with Crippen LogP contribution in [0, 0.1) is 12.8 Å². The summed E-state index contributed by atoms with van der Waals surface area (Å²) in [6.45, 7) is 1.91. The summed E-state index contributed by atoms with van der Waals surface area (Å²) < 4.78 is 4.68. The number of hydrogen-bond acceptors (Lipinski definition) is 5. The van der Waals surface area contributed by atoms with Gasteiger partial charge >= 0.3 is 0 Å². The van der Waals surface area contributed by atoms with Crippen LogP contribution in [0.5, 0.6) is 0 Å². The standard InChI is InChI=1S/C13H14N4O2/c1-8-4-6-14-12(15-8)11(9-2-3-9)16-13(18)10-5-7-19-17-10/h4-7,9,11H,2-3H2,1H3,(H,16,18). The Hall–Kier alpha value is -2.24. The first kappa shape index (κ1) is 11.8. The van der Waals surface area contributed by atoms with Gasteiger partial charge in [0.15, 0.2) is 11.5 Å². The highest BCUT2D eigenvalue weighted by molar-refractivity contribution is 5.92. The number of rotatable bonds is 4. The van der Waals surface area contributed by atoms with E-state index < -0.39 is 0 Å².